The van der Waals surface area contributed by atoms with Crippen molar-refractivity contribution in [2.75, 3.05) is 11.9 Å². The van der Waals surface area contributed by atoms with E-state index in [0.717, 1.165) is 31.9 Å². The molecule has 1 aliphatic rings. The molecule has 1 fully saturated rings. The second-order valence-corrected chi connectivity index (χ2v) is 5.01. The van der Waals surface area contributed by atoms with Crippen molar-refractivity contribution in [1.29, 1.82) is 5.26 Å². The molecule has 7 nitrogen and oxygen atoms in total. The van der Waals surface area contributed by atoms with E-state index in [9.17, 15) is 15.2 Å². The summed E-state index contributed by atoms with van der Waals surface area (Å²) < 4.78 is 0. The Balaban J connectivity index is 1.99. The molecule has 0 aromatic carbocycles. The van der Waals surface area contributed by atoms with Crippen molar-refractivity contribution >= 4 is 11.5 Å². The van der Waals surface area contributed by atoms with Gasteiger partial charge in [0, 0.05) is 12.6 Å². The standard InChI is InChI=1S/C13H16N4O3/c14-6-10-5-11(17(19)20)8-16-13(10)15-7-9-1-3-12(18)4-2-9/h5,8-9,12,18H,1-4,7H2,(H,15,16). The maximum Gasteiger partial charge on any atom is 0.289 e. The first-order chi connectivity index (χ1) is 9.60. The van der Waals surface area contributed by atoms with Gasteiger partial charge in [-0.2, -0.15) is 5.26 Å². The first-order valence-corrected chi connectivity index (χ1v) is 6.56. The van der Waals surface area contributed by atoms with Gasteiger partial charge >= 0.3 is 0 Å². The highest BCUT2D eigenvalue weighted by atomic mass is 16.6. The van der Waals surface area contributed by atoms with Crippen LogP contribution in [0.3, 0.4) is 0 Å². The molecule has 0 bridgehead atoms. The number of nitro groups is 1. The maximum absolute atomic E-state index is 10.6. The normalized spacial score (nSPS) is 22.0. The summed E-state index contributed by atoms with van der Waals surface area (Å²) >= 11 is 0. The Morgan fingerprint density at radius 3 is 2.80 bits per heavy atom. The van der Waals surface area contributed by atoms with Gasteiger partial charge in [-0.05, 0) is 31.6 Å². The largest absolute Gasteiger partial charge is 0.393 e. The van der Waals surface area contributed by atoms with Gasteiger partial charge in [-0.1, -0.05) is 0 Å². The molecule has 1 saturated carbocycles. The number of anilines is 1. The third-order valence-electron chi connectivity index (χ3n) is 3.58. The first kappa shape index (κ1) is 14.2. The lowest BCUT2D eigenvalue weighted by Gasteiger charge is -2.25. The highest BCUT2D eigenvalue weighted by molar-refractivity contribution is 5.55. The van der Waals surface area contributed by atoms with Crippen molar-refractivity contribution < 1.29 is 10.0 Å². The van der Waals surface area contributed by atoms with Crippen LogP contribution >= 0.6 is 0 Å². The zero-order valence-electron chi connectivity index (χ0n) is 11.0. The third-order valence-corrected chi connectivity index (χ3v) is 3.58. The number of aromatic nitrogens is 1. The molecular formula is C13H16N4O3. The van der Waals surface area contributed by atoms with E-state index in [2.05, 4.69) is 10.3 Å². The van der Waals surface area contributed by atoms with Crippen molar-refractivity contribution in [1.82, 2.24) is 4.98 Å². The smallest absolute Gasteiger partial charge is 0.289 e. The number of nitriles is 1. The van der Waals surface area contributed by atoms with E-state index < -0.39 is 4.92 Å². The second kappa shape index (κ2) is 6.30. The lowest BCUT2D eigenvalue weighted by atomic mass is 9.87. The first-order valence-electron chi connectivity index (χ1n) is 6.56. The van der Waals surface area contributed by atoms with E-state index in [1.54, 1.807) is 0 Å². The minimum Gasteiger partial charge on any atom is -0.393 e. The molecule has 2 rings (SSSR count). The average molecular weight is 276 g/mol. The van der Waals surface area contributed by atoms with Gasteiger partial charge in [0.15, 0.2) is 0 Å². The molecule has 7 heteroatoms. The quantitative estimate of drug-likeness (QED) is 0.640. The van der Waals surface area contributed by atoms with Crippen molar-refractivity contribution in [3.63, 3.8) is 0 Å². The topological polar surface area (TPSA) is 112 Å². The lowest BCUT2D eigenvalue weighted by molar-refractivity contribution is -0.385. The Morgan fingerprint density at radius 2 is 2.20 bits per heavy atom. The summed E-state index contributed by atoms with van der Waals surface area (Å²) in [5.74, 6) is 0.811. The molecule has 20 heavy (non-hydrogen) atoms. The Bertz CT molecular complexity index is 533. The summed E-state index contributed by atoms with van der Waals surface area (Å²) in [4.78, 5) is 14.0. The SMILES string of the molecule is N#Cc1cc([N+](=O)[O-])cnc1NCC1CCC(O)CC1. The van der Waals surface area contributed by atoms with Crippen molar-refractivity contribution in [3.05, 3.63) is 27.9 Å². The number of hydrogen-bond acceptors (Lipinski definition) is 6. The number of hydrogen-bond donors (Lipinski definition) is 2. The number of nitrogens with zero attached hydrogens (tertiary/aromatic N) is 3. The van der Waals surface area contributed by atoms with Crippen LogP contribution in [0.1, 0.15) is 31.2 Å². The molecule has 0 amide bonds. The van der Waals surface area contributed by atoms with E-state index in [-0.39, 0.29) is 17.4 Å². The Kier molecular flexibility index (Phi) is 4.48. The van der Waals surface area contributed by atoms with E-state index in [4.69, 9.17) is 5.26 Å². The highest BCUT2D eigenvalue weighted by Gasteiger charge is 2.20. The fourth-order valence-electron chi connectivity index (χ4n) is 2.37. The zero-order valence-corrected chi connectivity index (χ0v) is 11.0. The van der Waals surface area contributed by atoms with E-state index in [0.29, 0.717) is 18.3 Å². The minimum atomic E-state index is -0.569. The van der Waals surface area contributed by atoms with Crippen LogP contribution in [0.5, 0.6) is 0 Å². The van der Waals surface area contributed by atoms with Gasteiger partial charge in [-0.3, -0.25) is 10.1 Å². The molecule has 0 unspecified atom stereocenters. The molecule has 0 saturated heterocycles. The lowest BCUT2D eigenvalue weighted by Crippen LogP contribution is -2.24. The molecule has 1 aliphatic carbocycles. The summed E-state index contributed by atoms with van der Waals surface area (Å²) in [7, 11) is 0. The highest BCUT2D eigenvalue weighted by Crippen LogP contribution is 2.25. The van der Waals surface area contributed by atoms with Crippen LogP contribution in [0.2, 0.25) is 0 Å². The van der Waals surface area contributed by atoms with Crippen molar-refractivity contribution in [2.24, 2.45) is 5.92 Å². The monoisotopic (exact) mass is 276 g/mol. The van der Waals surface area contributed by atoms with Crippen LogP contribution in [-0.2, 0) is 0 Å². The van der Waals surface area contributed by atoms with Crippen LogP contribution in [0.25, 0.3) is 0 Å². The Morgan fingerprint density at radius 1 is 1.50 bits per heavy atom. The fraction of sp³-hybridized carbons (Fsp3) is 0.538. The predicted molar refractivity (Wildman–Crippen MR) is 72.1 cm³/mol. The predicted octanol–water partition coefficient (Wildman–Crippen LogP) is 1.82. The summed E-state index contributed by atoms with van der Waals surface area (Å²) in [6, 6.07) is 3.14. The van der Waals surface area contributed by atoms with Crippen LogP contribution in [0.15, 0.2) is 12.3 Å². The van der Waals surface area contributed by atoms with Crippen LogP contribution in [-0.4, -0.2) is 27.7 Å². The van der Waals surface area contributed by atoms with Crippen molar-refractivity contribution in [3.8, 4) is 6.07 Å². The van der Waals surface area contributed by atoms with Gasteiger partial charge in [0.1, 0.15) is 23.6 Å². The number of rotatable bonds is 4. The number of nitrogens with one attached hydrogen (secondary N) is 1. The maximum atomic E-state index is 10.6. The molecule has 0 atom stereocenters. The average Bonchev–Trinajstić information content (AvgIpc) is 2.46. The van der Waals surface area contributed by atoms with Crippen molar-refractivity contribution in [2.45, 2.75) is 31.8 Å². The molecular weight excluding hydrogens is 260 g/mol. The van der Waals surface area contributed by atoms with Crippen LogP contribution in [0.4, 0.5) is 11.5 Å². The van der Waals surface area contributed by atoms with Gasteiger partial charge in [-0.15, -0.1) is 0 Å². The Hall–Kier alpha value is -2.20. The van der Waals surface area contributed by atoms with E-state index in [1.807, 2.05) is 6.07 Å². The minimum absolute atomic E-state index is 0.176. The molecule has 0 radical (unpaired) electrons. The molecule has 1 heterocycles. The Labute approximate surface area is 116 Å². The van der Waals surface area contributed by atoms with Gasteiger partial charge in [0.25, 0.3) is 5.69 Å². The van der Waals surface area contributed by atoms with Gasteiger partial charge < -0.3 is 10.4 Å². The number of aliphatic hydroxyl groups is 1. The summed E-state index contributed by atoms with van der Waals surface area (Å²) in [5.41, 5.74) is -0.0112. The summed E-state index contributed by atoms with van der Waals surface area (Å²) in [6.45, 7) is 0.659. The molecule has 2 N–H and O–H groups in total. The molecule has 106 valence electrons. The fourth-order valence-corrected chi connectivity index (χ4v) is 2.37. The van der Waals surface area contributed by atoms with E-state index in [1.165, 1.54) is 6.07 Å². The summed E-state index contributed by atoms with van der Waals surface area (Å²) in [5, 5.41) is 32.2. The molecule has 0 aliphatic heterocycles. The van der Waals surface area contributed by atoms with Gasteiger partial charge in [0.2, 0.25) is 0 Å². The van der Waals surface area contributed by atoms with Gasteiger partial charge in [0.05, 0.1) is 11.0 Å². The van der Waals surface area contributed by atoms with Gasteiger partial charge in [-0.25, -0.2) is 4.98 Å². The molecule has 0 spiro atoms. The molecule has 1 aromatic heterocycles. The number of pyridine rings is 1. The summed E-state index contributed by atoms with van der Waals surface area (Å²) in [6.07, 6.45) is 4.41. The van der Waals surface area contributed by atoms with Crippen LogP contribution < -0.4 is 5.32 Å². The third kappa shape index (κ3) is 3.42. The van der Waals surface area contributed by atoms with E-state index >= 15 is 0 Å². The molecule has 1 aromatic rings. The van der Waals surface area contributed by atoms with Crippen LogP contribution in [0, 0.1) is 27.4 Å². The number of aliphatic hydroxyl groups excluding tert-OH is 1. The second-order valence-electron chi connectivity index (χ2n) is 5.01. The zero-order chi connectivity index (χ0) is 14.5.